The van der Waals surface area contributed by atoms with Gasteiger partial charge < -0.3 is 14.7 Å². The number of likely N-dealkylation sites (tertiary alicyclic amines) is 1. The molecule has 152 valence electrons. The number of hydrogen-bond donors (Lipinski definition) is 1. The number of likely N-dealkylation sites (N-methyl/N-ethyl adjacent to an activating group) is 1. The van der Waals surface area contributed by atoms with Crippen LogP contribution in [0, 0.1) is 0 Å². The van der Waals surface area contributed by atoms with Crippen LogP contribution in [0.1, 0.15) is 12.8 Å². The third-order valence-corrected chi connectivity index (χ3v) is 6.65. The van der Waals surface area contributed by atoms with Crippen LogP contribution in [0.2, 0.25) is 0 Å². The minimum absolute atomic E-state index is 0.132. The molecular weight excluding hydrogens is 389 g/mol. The molecule has 0 amide bonds. The lowest BCUT2D eigenvalue weighted by Gasteiger charge is -2.23. The lowest BCUT2D eigenvalue weighted by molar-refractivity contribution is -0.192. The van der Waals surface area contributed by atoms with Crippen molar-refractivity contribution in [1.29, 1.82) is 0 Å². The van der Waals surface area contributed by atoms with Gasteiger partial charge in [-0.3, -0.25) is 0 Å². The van der Waals surface area contributed by atoms with Gasteiger partial charge in [-0.25, -0.2) is 13.2 Å². The van der Waals surface area contributed by atoms with Crippen molar-refractivity contribution >= 4 is 16.0 Å². The molecule has 0 aliphatic carbocycles. The summed E-state index contributed by atoms with van der Waals surface area (Å²) in [7, 11) is 0.260. The monoisotopic (exact) mass is 410 g/mol. The average Bonchev–Trinajstić information content (AvgIpc) is 3.18. The summed E-state index contributed by atoms with van der Waals surface area (Å²) in [4.78, 5) is 11.5. The number of sulfonamides is 1. The number of hydrogen-bond acceptors (Lipinski definition) is 5. The number of rotatable bonds is 3. The smallest absolute Gasteiger partial charge is 0.490 e. The van der Waals surface area contributed by atoms with Crippen molar-refractivity contribution in [2.24, 2.45) is 0 Å². The number of aliphatic carboxylic acids is 1. The molecular formula is C16H21F3N2O5S. The highest BCUT2D eigenvalue weighted by atomic mass is 32.2. The number of benzene rings is 1. The van der Waals surface area contributed by atoms with Gasteiger partial charge in [0.2, 0.25) is 10.0 Å². The molecule has 0 unspecified atom stereocenters. The van der Waals surface area contributed by atoms with Gasteiger partial charge in [0.1, 0.15) is 5.75 Å². The fourth-order valence-electron chi connectivity index (χ4n) is 3.34. The first-order valence-electron chi connectivity index (χ1n) is 8.14. The summed E-state index contributed by atoms with van der Waals surface area (Å²) in [6.45, 7) is 1.60. The van der Waals surface area contributed by atoms with Gasteiger partial charge in [-0.05, 0) is 50.7 Å². The number of ether oxygens (including phenoxy) is 1. The zero-order chi connectivity index (χ0) is 20.4. The van der Waals surface area contributed by atoms with Crippen LogP contribution in [0.5, 0.6) is 5.75 Å². The van der Waals surface area contributed by atoms with Crippen LogP contribution in [0.15, 0.2) is 29.2 Å². The van der Waals surface area contributed by atoms with Gasteiger partial charge in [0.15, 0.2) is 0 Å². The minimum atomic E-state index is -5.08. The van der Waals surface area contributed by atoms with Crippen LogP contribution in [0.4, 0.5) is 13.2 Å². The summed E-state index contributed by atoms with van der Waals surface area (Å²) in [6.07, 6.45) is -3.23. The molecule has 1 aromatic rings. The van der Waals surface area contributed by atoms with Gasteiger partial charge in [-0.2, -0.15) is 17.5 Å². The average molecular weight is 410 g/mol. The van der Waals surface area contributed by atoms with Gasteiger partial charge in [0.05, 0.1) is 12.0 Å². The summed E-state index contributed by atoms with van der Waals surface area (Å²) >= 11 is 0. The van der Waals surface area contributed by atoms with Gasteiger partial charge in [0.25, 0.3) is 0 Å². The fourth-order valence-corrected chi connectivity index (χ4v) is 5.04. The second kappa shape index (κ2) is 8.03. The number of halogens is 3. The molecule has 0 radical (unpaired) electrons. The van der Waals surface area contributed by atoms with E-state index in [-0.39, 0.29) is 6.04 Å². The molecule has 2 heterocycles. The number of carboxylic acids is 1. The van der Waals surface area contributed by atoms with Gasteiger partial charge in [-0.1, -0.05) is 0 Å². The predicted octanol–water partition coefficient (Wildman–Crippen LogP) is 1.80. The summed E-state index contributed by atoms with van der Waals surface area (Å²) in [5.41, 5.74) is 0. The van der Waals surface area contributed by atoms with E-state index in [1.165, 1.54) is 0 Å². The number of carboxylic acid groups (broad SMARTS) is 1. The van der Waals surface area contributed by atoms with E-state index < -0.39 is 22.2 Å². The lowest BCUT2D eigenvalue weighted by Crippen LogP contribution is -2.38. The summed E-state index contributed by atoms with van der Waals surface area (Å²) in [5, 5.41) is 7.12. The number of methoxy groups -OCH3 is 1. The van der Waals surface area contributed by atoms with E-state index in [1.807, 2.05) is 0 Å². The van der Waals surface area contributed by atoms with Gasteiger partial charge >= 0.3 is 12.1 Å². The molecule has 3 rings (SSSR count). The highest BCUT2D eigenvalue weighted by Gasteiger charge is 2.46. The highest BCUT2D eigenvalue weighted by molar-refractivity contribution is 7.89. The van der Waals surface area contributed by atoms with Crippen LogP contribution in [0.25, 0.3) is 0 Å². The molecule has 0 spiro atoms. The molecule has 2 saturated heterocycles. The Balaban J connectivity index is 0.000000321. The number of nitrogens with zero attached hydrogens (tertiary/aromatic N) is 2. The maximum atomic E-state index is 12.7. The van der Waals surface area contributed by atoms with Crippen LogP contribution in [-0.4, -0.2) is 74.2 Å². The quantitative estimate of drug-likeness (QED) is 0.818. The standard InChI is InChI=1S/C14H20N2O3S.C2HF3O2/c1-15-9-7-14-13(15)8-10-16(14)20(17,18)12-5-3-11(19-2)4-6-12;3-2(4,5)1(6)7/h3-6,13-14H,7-10H2,1-2H3;(H,6,7)/t13-,14+;/m0./s1. The zero-order valence-corrected chi connectivity index (χ0v) is 15.6. The predicted molar refractivity (Wildman–Crippen MR) is 90.0 cm³/mol. The van der Waals surface area contributed by atoms with Crippen molar-refractivity contribution in [2.45, 2.75) is 36.0 Å². The Labute approximate surface area is 155 Å². The normalized spacial score (nSPS) is 23.4. The van der Waals surface area contributed by atoms with E-state index >= 15 is 0 Å². The van der Waals surface area contributed by atoms with Crippen molar-refractivity contribution < 1.29 is 36.2 Å². The van der Waals surface area contributed by atoms with Crippen LogP contribution < -0.4 is 4.74 Å². The largest absolute Gasteiger partial charge is 0.497 e. The SMILES string of the molecule is COc1ccc(S(=O)(=O)N2CC[C@H]3[C@H]2CCN3C)cc1.O=C(O)C(F)(F)F. The first kappa shape index (κ1) is 21.5. The van der Waals surface area contributed by atoms with Crippen molar-refractivity contribution in [2.75, 3.05) is 27.2 Å². The second-order valence-corrected chi connectivity index (χ2v) is 8.18. The first-order valence-corrected chi connectivity index (χ1v) is 9.58. The molecule has 7 nitrogen and oxygen atoms in total. The lowest BCUT2D eigenvalue weighted by atomic mass is 10.1. The van der Waals surface area contributed by atoms with Crippen LogP contribution in [0.3, 0.4) is 0 Å². The van der Waals surface area contributed by atoms with Crippen molar-refractivity contribution in [3.63, 3.8) is 0 Å². The van der Waals surface area contributed by atoms with E-state index in [0.29, 0.717) is 23.2 Å². The number of carbonyl (C=O) groups is 1. The topological polar surface area (TPSA) is 87.2 Å². The molecule has 0 aromatic heterocycles. The van der Waals surface area contributed by atoms with Crippen molar-refractivity contribution in [3.8, 4) is 5.75 Å². The van der Waals surface area contributed by atoms with E-state index in [9.17, 15) is 21.6 Å². The maximum absolute atomic E-state index is 12.7. The molecule has 0 bridgehead atoms. The van der Waals surface area contributed by atoms with E-state index in [0.717, 1.165) is 19.4 Å². The van der Waals surface area contributed by atoms with E-state index in [2.05, 4.69) is 11.9 Å². The molecule has 0 saturated carbocycles. The summed E-state index contributed by atoms with van der Waals surface area (Å²) in [5.74, 6) is -2.09. The molecule has 2 aliphatic rings. The van der Waals surface area contributed by atoms with Crippen LogP contribution >= 0.6 is 0 Å². The highest BCUT2D eigenvalue weighted by Crippen LogP contribution is 2.34. The Kier molecular flexibility index (Phi) is 6.38. The van der Waals surface area contributed by atoms with Gasteiger partial charge in [0, 0.05) is 18.6 Å². The van der Waals surface area contributed by atoms with Crippen molar-refractivity contribution in [3.05, 3.63) is 24.3 Å². The summed E-state index contributed by atoms with van der Waals surface area (Å²) in [6, 6.07) is 7.15. The zero-order valence-electron chi connectivity index (χ0n) is 14.8. The molecule has 27 heavy (non-hydrogen) atoms. The fraction of sp³-hybridized carbons (Fsp3) is 0.562. The van der Waals surface area contributed by atoms with E-state index in [1.54, 1.807) is 35.7 Å². The number of fused-ring (bicyclic) bond motifs is 1. The molecule has 11 heteroatoms. The minimum Gasteiger partial charge on any atom is -0.497 e. The van der Waals surface area contributed by atoms with Crippen molar-refractivity contribution in [1.82, 2.24) is 9.21 Å². The molecule has 1 aromatic carbocycles. The van der Waals surface area contributed by atoms with Crippen LogP contribution in [-0.2, 0) is 14.8 Å². The Morgan fingerprint density at radius 3 is 2.15 bits per heavy atom. The molecule has 2 fully saturated rings. The third-order valence-electron chi connectivity index (χ3n) is 4.71. The Morgan fingerprint density at radius 1 is 1.15 bits per heavy atom. The Hall–Kier alpha value is -1.85. The Bertz CT molecular complexity index is 767. The first-order chi connectivity index (χ1) is 12.5. The summed E-state index contributed by atoms with van der Waals surface area (Å²) < 4.78 is 64.0. The third kappa shape index (κ3) is 4.71. The second-order valence-electron chi connectivity index (χ2n) is 6.29. The molecule has 2 aliphatic heterocycles. The molecule has 2 atom stereocenters. The van der Waals surface area contributed by atoms with Gasteiger partial charge in [-0.15, -0.1) is 0 Å². The maximum Gasteiger partial charge on any atom is 0.490 e. The van der Waals surface area contributed by atoms with E-state index in [4.69, 9.17) is 14.6 Å². The number of alkyl halides is 3. The molecule has 1 N–H and O–H groups in total. The Morgan fingerprint density at radius 2 is 1.67 bits per heavy atom.